The van der Waals surface area contributed by atoms with Gasteiger partial charge in [-0.15, -0.1) is 0 Å². The zero-order valence-electron chi connectivity index (χ0n) is 10.1. The van der Waals surface area contributed by atoms with Crippen molar-refractivity contribution >= 4 is 23.4 Å². The number of pyridine rings is 1. The molecule has 1 aliphatic rings. The number of rotatable bonds is 3. The van der Waals surface area contributed by atoms with Crippen LogP contribution in [0.4, 0.5) is 5.82 Å². The predicted octanol–water partition coefficient (Wildman–Crippen LogP) is 2.05. The molecule has 0 spiro atoms. The highest BCUT2D eigenvalue weighted by Gasteiger charge is 2.23. The molecule has 2 heterocycles. The number of ether oxygens (including phenoxy) is 1. The molecule has 5 nitrogen and oxygen atoms in total. The van der Waals surface area contributed by atoms with Crippen molar-refractivity contribution < 1.29 is 14.6 Å². The second kappa shape index (κ2) is 5.54. The quantitative estimate of drug-likeness (QED) is 0.911. The first-order valence-electron chi connectivity index (χ1n) is 5.87. The van der Waals surface area contributed by atoms with Gasteiger partial charge in [0.05, 0.1) is 23.3 Å². The van der Waals surface area contributed by atoms with Gasteiger partial charge in [0, 0.05) is 19.3 Å². The van der Waals surface area contributed by atoms with Gasteiger partial charge in [-0.25, -0.2) is 9.78 Å². The third-order valence-corrected chi connectivity index (χ3v) is 3.37. The van der Waals surface area contributed by atoms with Crippen molar-refractivity contribution in [2.24, 2.45) is 0 Å². The maximum atomic E-state index is 11.0. The highest BCUT2D eigenvalue weighted by Crippen LogP contribution is 2.28. The third kappa shape index (κ3) is 2.57. The summed E-state index contributed by atoms with van der Waals surface area (Å²) >= 11 is 6.10. The number of carboxylic acid groups (broad SMARTS) is 1. The van der Waals surface area contributed by atoms with Gasteiger partial charge in [-0.2, -0.15) is 0 Å². The van der Waals surface area contributed by atoms with Gasteiger partial charge in [0.15, 0.2) is 0 Å². The van der Waals surface area contributed by atoms with Crippen LogP contribution >= 0.6 is 11.6 Å². The van der Waals surface area contributed by atoms with Gasteiger partial charge in [0.2, 0.25) is 0 Å². The fourth-order valence-electron chi connectivity index (χ4n) is 1.98. The van der Waals surface area contributed by atoms with E-state index in [1.807, 2.05) is 4.90 Å². The third-order valence-electron chi connectivity index (χ3n) is 2.99. The Morgan fingerprint density at radius 3 is 3.17 bits per heavy atom. The minimum Gasteiger partial charge on any atom is -0.478 e. The highest BCUT2D eigenvalue weighted by atomic mass is 35.5. The molecule has 0 aliphatic carbocycles. The van der Waals surface area contributed by atoms with Crippen LogP contribution in [0.15, 0.2) is 12.3 Å². The average Bonchev–Trinajstić information content (AvgIpc) is 2.38. The number of anilines is 1. The summed E-state index contributed by atoms with van der Waals surface area (Å²) in [5.74, 6) is -0.512. The van der Waals surface area contributed by atoms with Crippen LogP contribution in [-0.4, -0.2) is 41.9 Å². The Balaban J connectivity index is 2.27. The minimum atomic E-state index is -1.04. The summed E-state index contributed by atoms with van der Waals surface area (Å²) in [5, 5.41) is 9.23. The Morgan fingerprint density at radius 1 is 1.72 bits per heavy atom. The van der Waals surface area contributed by atoms with E-state index in [1.165, 1.54) is 12.3 Å². The van der Waals surface area contributed by atoms with Gasteiger partial charge >= 0.3 is 5.97 Å². The number of morpholine rings is 1. The first kappa shape index (κ1) is 13.1. The van der Waals surface area contributed by atoms with E-state index in [9.17, 15) is 4.79 Å². The van der Waals surface area contributed by atoms with Gasteiger partial charge in [-0.3, -0.25) is 0 Å². The van der Waals surface area contributed by atoms with Crippen molar-refractivity contribution in [3.05, 3.63) is 22.8 Å². The predicted molar refractivity (Wildman–Crippen MR) is 68.5 cm³/mol. The van der Waals surface area contributed by atoms with Crippen LogP contribution in [0.1, 0.15) is 23.7 Å². The lowest BCUT2D eigenvalue weighted by molar-refractivity contribution is 0.0382. The SMILES string of the molecule is CCC1CN(c2nccc(C(=O)O)c2Cl)CCO1. The number of hydrogen-bond donors (Lipinski definition) is 1. The molecular formula is C12H15ClN2O3. The molecule has 0 bridgehead atoms. The van der Waals surface area contributed by atoms with Gasteiger partial charge in [-0.1, -0.05) is 18.5 Å². The Kier molecular flexibility index (Phi) is 4.04. The Bertz CT molecular complexity index is 453. The molecule has 2 rings (SSSR count). The van der Waals surface area contributed by atoms with Crippen molar-refractivity contribution in [1.82, 2.24) is 4.98 Å². The van der Waals surface area contributed by atoms with Crippen LogP contribution in [0, 0.1) is 0 Å². The summed E-state index contributed by atoms with van der Waals surface area (Å²) in [6.45, 7) is 4.02. The van der Waals surface area contributed by atoms with Gasteiger partial charge in [-0.05, 0) is 12.5 Å². The number of nitrogens with zero attached hydrogens (tertiary/aromatic N) is 2. The number of hydrogen-bond acceptors (Lipinski definition) is 4. The summed E-state index contributed by atoms with van der Waals surface area (Å²) < 4.78 is 5.57. The van der Waals surface area contributed by atoms with Gasteiger partial charge < -0.3 is 14.7 Å². The Hall–Kier alpha value is -1.33. The van der Waals surface area contributed by atoms with Crippen molar-refractivity contribution in [1.29, 1.82) is 0 Å². The molecule has 0 aromatic carbocycles. The van der Waals surface area contributed by atoms with E-state index in [1.54, 1.807) is 0 Å². The molecule has 0 saturated carbocycles. The van der Waals surface area contributed by atoms with E-state index < -0.39 is 5.97 Å². The molecule has 6 heteroatoms. The fraction of sp³-hybridized carbons (Fsp3) is 0.500. The van der Waals surface area contributed by atoms with E-state index in [-0.39, 0.29) is 16.7 Å². The highest BCUT2D eigenvalue weighted by molar-refractivity contribution is 6.35. The zero-order valence-corrected chi connectivity index (χ0v) is 10.9. The van der Waals surface area contributed by atoms with E-state index in [0.29, 0.717) is 25.5 Å². The molecule has 0 radical (unpaired) electrons. The summed E-state index contributed by atoms with van der Waals surface area (Å²) in [6.07, 6.45) is 2.53. The summed E-state index contributed by atoms with van der Waals surface area (Å²) in [5.41, 5.74) is 0.0845. The first-order chi connectivity index (χ1) is 8.63. The molecule has 1 aliphatic heterocycles. The van der Waals surface area contributed by atoms with Crippen molar-refractivity contribution in [2.75, 3.05) is 24.6 Å². The Morgan fingerprint density at radius 2 is 2.50 bits per heavy atom. The van der Waals surface area contributed by atoms with Gasteiger partial charge in [0.25, 0.3) is 0 Å². The van der Waals surface area contributed by atoms with Crippen LogP contribution in [0.2, 0.25) is 5.02 Å². The maximum Gasteiger partial charge on any atom is 0.337 e. The monoisotopic (exact) mass is 270 g/mol. The summed E-state index contributed by atoms with van der Waals surface area (Å²) in [7, 11) is 0. The topological polar surface area (TPSA) is 62.7 Å². The molecule has 1 aromatic heterocycles. The largest absolute Gasteiger partial charge is 0.478 e. The van der Waals surface area contributed by atoms with Crippen molar-refractivity contribution in [2.45, 2.75) is 19.4 Å². The maximum absolute atomic E-state index is 11.0. The van der Waals surface area contributed by atoms with Crippen molar-refractivity contribution in [3.63, 3.8) is 0 Å². The number of halogens is 1. The van der Waals surface area contributed by atoms with E-state index in [0.717, 1.165) is 6.42 Å². The molecule has 18 heavy (non-hydrogen) atoms. The molecule has 98 valence electrons. The molecule has 1 N–H and O–H groups in total. The standard InChI is InChI=1S/C12H15ClN2O3/c1-2-8-7-15(5-6-18-8)11-10(13)9(12(16)17)3-4-14-11/h3-4,8H,2,5-7H2,1H3,(H,16,17). The zero-order chi connectivity index (χ0) is 13.1. The smallest absolute Gasteiger partial charge is 0.337 e. The molecule has 1 saturated heterocycles. The first-order valence-corrected chi connectivity index (χ1v) is 6.25. The lowest BCUT2D eigenvalue weighted by Gasteiger charge is -2.33. The normalized spacial score (nSPS) is 19.9. The average molecular weight is 271 g/mol. The molecular weight excluding hydrogens is 256 g/mol. The van der Waals surface area contributed by atoms with Crippen molar-refractivity contribution in [3.8, 4) is 0 Å². The second-order valence-corrected chi connectivity index (χ2v) is 4.53. The lowest BCUT2D eigenvalue weighted by atomic mass is 10.2. The lowest BCUT2D eigenvalue weighted by Crippen LogP contribution is -2.42. The number of carboxylic acids is 1. The molecule has 1 atom stereocenters. The van der Waals surface area contributed by atoms with E-state index in [2.05, 4.69) is 11.9 Å². The molecule has 1 fully saturated rings. The van der Waals surface area contributed by atoms with Crippen LogP contribution in [-0.2, 0) is 4.74 Å². The van der Waals surface area contributed by atoms with Gasteiger partial charge in [0.1, 0.15) is 5.82 Å². The molecule has 1 aromatic rings. The van der Waals surface area contributed by atoms with Crippen LogP contribution in [0.3, 0.4) is 0 Å². The minimum absolute atomic E-state index is 0.0845. The van der Waals surface area contributed by atoms with Crippen LogP contribution < -0.4 is 4.90 Å². The number of carbonyl (C=O) groups is 1. The van der Waals surface area contributed by atoms with Crippen LogP contribution in [0.25, 0.3) is 0 Å². The number of aromatic nitrogens is 1. The Labute approximate surface area is 110 Å². The number of aromatic carboxylic acids is 1. The van der Waals surface area contributed by atoms with E-state index in [4.69, 9.17) is 21.4 Å². The molecule has 1 unspecified atom stereocenters. The summed E-state index contributed by atoms with van der Waals surface area (Å²) in [4.78, 5) is 17.2. The van der Waals surface area contributed by atoms with E-state index >= 15 is 0 Å². The fourth-order valence-corrected chi connectivity index (χ4v) is 2.29. The van der Waals surface area contributed by atoms with Crippen LogP contribution in [0.5, 0.6) is 0 Å². The summed E-state index contributed by atoms with van der Waals surface area (Å²) in [6, 6.07) is 1.41. The second-order valence-electron chi connectivity index (χ2n) is 4.15. The molecule has 0 amide bonds.